The first-order chi connectivity index (χ1) is 9.16. The summed E-state index contributed by atoms with van der Waals surface area (Å²) in [5, 5.41) is 14.1. The predicted molar refractivity (Wildman–Crippen MR) is 74.5 cm³/mol. The summed E-state index contributed by atoms with van der Waals surface area (Å²) in [4.78, 5) is 14.1. The summed E-state index contributed by atoms with van der Waals surface area (Å²) in [5.74, 6) is 0. The number of non-ortho nitro benzene ring substituents is 1. The number of rotatable bonds is 5. The third kappa shape index (κ3) is 3.66. The SMILES string of the molecule is O=[N+]([O-])c1ccc(NCCc2ccncc2)c(Cl)c1. The van der Waals surface area contributed by atoms with Crippen molar-refractivity contribution in [3.8, 4) is 0 Å². The molecule has 1 N–H and O–H groups in total. The number of nitrogens with zero attached hydrogens (tertiary/aromatic N) is 2. The number of halogens is 1. The van der Waals surface area contributed by atoms with Gasteiger partial charge in [-0.1, -0.05) is 11.6 Å². The van der Waals surface area contributed by atoms with Gasteiger partial charge < -0.3 is 5.32 Å². The van der Waals surface area contributed by atoms with Crippen molar-refractivity contribution in [2.24, 2.45) is 0 Å². The Hall–Kier alpha value is -2.14. The van der Waals surface area contributed by atoms with Gasteiger partial charge in [0.25, 0.3) is 5.69 Å². The van der Waals surface area contributed by atoms with E-state index in [9.17, 15) is 10.1 Å². The third-order valence-corrected chi connectivity index (χ3v) is 2.95. The van der Waals surface area contributed by atoms with Crippen molar-refractivity contribution in [1.29, 1.82) is 0 Å². The average Bonchev–Trinajstić information content (AvgIpc) is 2.41. The van der Waals surface area contributed by atoms with E-state index >= 15 is 0 Å². The second-order valence-corrected chi connectivity index (χ2v) is 4.36. The number of nitro groups is 1. The van der Waals surface area contributed by atoms with Crippen LogP contribution in [0.4, 0.5) is 11.4 Å². The molecule has 0 saturated heterocycles. The lowest BCUT2D eigenvalue weighted by Crippen LogP contribution is -2.05. The van der Waals surface area contributed by atoms with Crippen molar-refractivity contribution in [3.05, 3.63) is 63.4 Å². The first-order valence-corrected chi connectivity index (χ1v) is 6.11. The molecular formula is C13H12ClN3O2. The van der Waals surface area contributed by atoms with Crippen LogP contribution >= 0.6 is 11.6 Å². The fraction of sp³-hybridized carbons (Fsp3) is 0.154. The summed E-state index contributed by atoms with van der Waals surface area (Å²) in [6.07, 6.45) is 4.32. The fourth-order valence-electron chi connectivity index (χ4n) is 1.65. The number of hydrogen-bond donors (Lipinski definition) is 1. The van der Waals surface area contributed by atoms with Crippen LogP contribution in [0.5, 0.6) is 0 Å². The number of nitro benzene ring substituents is 1. The summed E-state index contributed by atoms with van der Waals surface area (Å²) in [6, 6.07) is 8.28. The van der Waals surface area contributed by atoms with E-state index in [1.54, 1.807) is 18.5 Å². The van der Waals surface area contributed by atoms with Gasteiger partial charge in [-0.3, -0.25) is 15.1 Å². The number of pyridine rings is 1. The summed E-state index contributed by atoms with van der Waals surface area (Å²) in [5.41, 5.74) is 1.85. The second kappa shape index (κ2) is 6.15. The van der Waals surface area contributed by atoms with Crippen molar-refractivity contribution in [2.45, 2.75) is 6.42 Å². The maximum Gasteiger partial charge on any atom is 0.271 e. The first-order valence-electron chi connectivity index (χ1n) is 5.73. The monoisotopic (exact) mass is 277 g/mol. The van der Waals surface area contributed by atoms with Crippen molar-refractivity contribution in [3.63, 3.8) is 0 Å². The molecule has 0 amide bonds. The van der Waals surface area contributed by atoms with Crippen LogP contribution in [-0.2, 0) is 6.42 Å². The van der Waals surface area contributed by atoms with Crippen molar-refractivity contribution in [1.82, 2.24) is 4.98 Å². The molecule has 98 valence electrons. The number of nitrogens with one attached hydrogen (secondary N) is 1. The normalized spacial score (nSPS) is 10.2. The molecule has 0 radical (unpaired) electrons. The van der Waals surface area contributed by atoms with Crippen LogP contribution in [0.15, 0.2) is 42.7 Å². The summed E-state index contributed by atoms with van der Waals surface area (Å²) in [6.45, 7) is 0.696. The lowest BCUT2D eigenvalue weighted by atomic mass is 10.2. The smallest absolute Gasteiger partial charge is 0.271 e. The van der Waals surface area contributed by atoms with Crippen molar-refractivity contribution < 1.29 is 4.92 Å². The summed E-state index contributed by atoms with van der Waals surface area (Å²) >= 11 is 5.98. The van der Waals surface area contributed by atoms with E-state index in [0.717, 1.165) is 6.42 Å². The molecule has 19 heavy (non-hydrogen) atoms. The van der Waals surface area contributed by atoms with Crippen molar-refractivity contribution >= 4 is 23.0 Å². The Balaban J connectivity index is 1.95. The zero-order chi connectivity index (χ0) is 13.7. The lowest BCUT2D eigenvalue weighted by Gasteiger charge is -2.08. The molecule has 0 aliphatic rings. The summed E-state index contributed by atoms with van der Waals surface area (Å²) < 4.78 is 0. The highest BCUT2D eigenvalue weighted by Crippen LogP contribution is 2.26. The van der Waals surface area contributed by atoms with Gasteiger partial charge in [-0.15, -0.1) is 0 Å². The molecule has 0 saturated carbocycles. The lowest BCUT2D eigenvalue weighted by molar-refractivity contribution is -0.384. The first kappa shape index (κ1) is 13.3. The maximum absolute atomic E-state index is 10.6. The zero-order valence-electron chi connectivity index (χ0n) is 10.0. The molecule has 5 nitrogen and oxygen atoms in total. The predicted octanol–water partition coefficient (Wildman–Crippen LogP) is 3.30. The summed E-state index contributed by atoms with van der Waals surface area (Å²) in [7, 11) is 0. The Labute approximate surface area is 115 Å². The van der Waals surface area contributed by atoms with E-state index < -0.39 is 4.92 Å². The van der Waals surface area contributed by atoms with E-state index in [-0.39, 0.29) is 5.69 Å². The number of benzene rings is 1. The molecule has 1 aromatic carbocycles. The Morgan fingerprint density at radius 2 is 2.00 bits per heavy atom. The molecule has 0 fully saturated rings. The van der Waals surface area contributed by atoms with Crippen LogP contribution in [0.25, 0.3) is 0 Å². The highest BCUT2D eigenvalue weighted by atomic mass is 35.5. The van der Waals surface area contributed by atoms with Gasteiger partial charge in [0.15, 0.2) is 0 Å². The molecule has 2 aromatic rings. The molecule has 1 heterocycles. The number of hydrogen-bond acceptors (Lipinski definition) is 4. The second-order valence-electron chi connectivity index (χ2n) is 3.95. The van der Waals surface area contributed by atoms with Crippen molar-refractivity contribution in [2.75, 3.05) is 11.9 Å². The largest absolute Gasteiger partial charge is 0.384 e. The standard InChI is InChI=1S/C13H12ClN3O2/c14-12-9-11(17(18)19)1-2-13(12)16-8-5-10-3-6-15-7-4-10/h1-4,6-7,9,16H,5,8H2. The van der Waals surface area contributed by atoms with Gasteiger partial charge in [0.2, 0.25) is 0 Å². The molecule has 1 aromatic heterocycles. The van der Waals surface area contributed by atoms with E-state index in [4.69, 9.17) is 11.6 Å². The molecule has 0 bridgehead atoms. The molecule has 6 heteroatoms. The van der Waals surface area contributed by atoms with Gasteiger partial charge in [-0.2, -0.15) is 0 Å². The maximum atomic E-state index is 10.6. The topological polar surface area (TPSA) is 68.1 Å². The minimum absolute atomic E-state index is 0.00955. The third-order valence-electron chi connectivity index (χ3n) is 2.64. The van der Waals surface area contributed by atoms with Crippen LogP contribution < -0.4 is 5.32 Å². The van der Waals surface area contributed by atoms with Gasteiger partial charge in [0.1, 0.15) is 0 Å². The molecule has 0 aliphatic heterocycles. The highest BCUT2D eigenvalue weighted by Gasteiger charge is 2.08. The molecule has 0 unspecified atom stereocenters. The van der Waals surface area contributed by atoms with Gasteiger partial charge in [0.05, 0.1) is 15.6 Å². The highest BCUT2D eigenvalue weighted by molar-refractivity contribution is 6.33. The van der Waals surface area contributed by atoms with Crippen LogP contribution in [0.2, 0.25) is 5.02 Å². The van der Waals surface area contributed by atoms with Crippen LogP contribution in [0.1, 0.15) is 5.56 Å². The minimum Gasteiger partial charge on any atom is -0.384 e. The number of aromatic nitrogens is 1. The van der Waals surface area contributed by atoms with E-state index in [2.05, 4.69) is 10.3 Å². The van der Waals surface area contributed by atoms with Gasteiger partial charge >= 0.3 is 0 Å². The van der Waals surface area contributed by atoms with E-state index in [1.165, 1.54) is 17.7 Å². The fourth-order valence-corrected chi connectivity index (χ4v) is 1.89. The average molecular weight is 278 g/mol. The van der Waals surface area contributed by atoms with Gasteiger partial charge in [-0.25, -0.2) is 0 Å². The molecule has 0 aliphatic carbocycles. The van der Waals surface area contributed by atoms with E-state index in [0.29, 0.717) is 17.3 Å². The van der Waals surface area contributed by atoms with Crippen LogP contribution in [0.3, 0.4) is 0 Å². The quantitative estimate of drug-likeness (QED) is 0.672. The Kier molecular flexibility index (Phi) is 4.30. The minimum atomic E-state index is -0.466. The number of anilines is 1. The van der Waals surface area contributed by atoms with Crippen LogP contribution in [-0.4, -0.2) is 16.5 Å². The molecule has 0 atom stereocenters. The van der Waals surface area contributed by atoms with Gasteiger partial charge in [-0.05, 0) is 30.2 Å². The Bertz CT molecular complexity index is 575. The zero-order valence-corrected chi connectivity index (χ0v) is 10.8. The molecule has 0 spiro atoms. The van der Waals surface area contributed by atoms with Gasteiger partial charge in [0, 0.05) is 31.1 Å². The molecule has 2 rings (SSSR count). The van der Waals surface area contributed by atoms with E-state index in [1.807, 2.05) is 12.1 Å². The Morgan fingerprint density at radius 1 is 1.26 bits per heavy atom. The van der Waals surface area contributed by atoms with Crippen LogP contribution in [0, 0.1) is 10.1 Å². The molecular weight excluding hydrogens is 266 g/mol. The Morgan fingerprint density at radius 3 is 2.63 bits per heavy atom.